The molecule has 9 aromatic carbocycles. The molecule has 11 rings (SSSR count). The number of hydrogen-bond donors (Lipinski definition) is 0. The van der Waals surface area contributed by atoms with Crippen molar-refractivity contribution >= 4 is 16.5 Å². The summed E-state index contributed by atoms with van der Waals surface area (Å²) in [4.78, 5) is 19.4. The van der Waals surface area contributed by atoms with Crippen LogP contribution in [0.25, 0.3) is 117 Å². The molecule has 0 saturated carbocycles. The van der Waals surface area contributed by atoms with E-state index in [0.29, 0.717) is 28.7 Å². The summed E-state index contributed by atoms with van der Waals surface area (Å²) in [6.07, 6.45) is 0. The number of benzene rings is 9. The Balaban J connectivity index is 1.01. The van der Waals surface area contributed by atoms with Gasteiger partial charge in [0.05, 0.1) is 18.2 Å². The summed E-state index contributed by atoms with van der Waals surface area (Å²) < 4.78 is 0. The lowest BCUT2D eigenvalue weighted by atomic mass is 9.90. The first-order valence-corrected chi connectivity index (χ1v) is 20.4. The summed E-state index contributed by atoms with van der Waals surface area (Å²) in [7, 11) is 0. The van der Waals surface area contributed by atoms with Crippen molar-refractivity contribution in [2.75, 3.05) is 0 Å². The van der Waals surface area contributed by atoms with Gasteiger partial charge in [0, 0.05) is 16.7 Å². The van der Waals surface area contributed by atoms with Gasteiger partial charge in [0.25, 0.3) is 0 Å². The first-order chi connectivity index (χ1) is 30.6. The highest BCUT2D eigenvalue weighted by molar-refractivity contribution is 6.19. The molecule has 5 heteroatoms. The van der Waals surface area contributed by atoms with Crippen LogP contribution in [-0.2, 0) is 0 Å². The number of hydrogen-bond acceptors (Lipinski definition) is 4. The molecule has 0 radical (unpaired) electrons. The van der Waals surface area contributed by atoms with E-state index in [-0.39, 0.29) is 0 Å². The molecule has 0 atom stereocenters. The van der Waals surface area contributed by atoms with Gasteiger partial charge in [0.1, 0.15) is 0 Å². The third-order valence-corrected chi connectivity index (χ3v) is 11.8. The van der Waals surface area contributed by atoms with E-state index in [9.17, 15) is 5.26 Å². The van der Waals surface area contributed by atoms with Gasteiger partial charge in [-0.2, -0.15) is 5.26 Å². The molecular formula is C57H33N5. The maximum atomic E-state index is 9.44. The van der Waals surface area contributed by atoms with Crippen LogP contribution >= 0.6 is 0 Å². The summed E-state index contributed by atoms with van der Waals surface area (Å²) in [6, 6.07) is 70.2. The van der Waals surface area contributed by atoms with Gasteiger partial charge in [-0.25, -0.2) is 19.8 Å². The molecule has 0 fully saturated rings. The van der Waals surface area contributed by atoms with E-state index in [1.165, 1.54) is 38.6 Å². The van der Waals surface area contributed by atoms with E-state index in [1.807, 2.05) is 103 Å². The summed E-state index contributed by atoms with van der Waals surface area (Å²) in [6.45, 7) is 8.41. The number of fused-ring (bicyclic) bond motifs is 3. The maximum Gasteiger partial charge on any atom is 0.195 e. The quantitative estimate of drug-likeness (QED) is 0.151. The maximum absolute atomic E-state index is 9.44. The minimum Gasteiger partial charge on any atom is -0.237 e. The van der Waals surface area contributed by atoms with Crippen molar-refractivity contribution in [3.05, 3.63) is 217 Å². The number of nitriles is 1. The first-order valence-electron chi connectivity index (χ1n) is 20.4. The molecule has 0 aliphatic heterocycles. The van der Waals surface area contributed by atoms with E-state index < -0.39 is 0 Å². The van der Waals surface area contributed by atoms with Crippen LogP contribution in [0.2, 0.25) is 0 Å². The minimum absolute atomic E-state index is 0.522. The van der Waals surface area contributed by atoms with Crippen molar-refractivity contribution in [3.63, 3.8) is 0 Å². The Morgan fingerprint density at radius 2 is 0.887 bits per heavy atom. The SMILES string of the molecule is [C-]#[N+]c1cc(-c2ccccc2-c2nc(-c3ccccc3)nc(-c3ccccc3-c3ccc(C#N)cc3)n2)ccc1-c1cccc(-c2ccc3cccc4c3c2-c2ccccc2-4)c1. The molecule has 0 amide bonds. The second-order valence-corrected chi connectivity index (χ2v) is 15.3. The average molecular weight is 788 g/mol. The van der Waals surface area contributed by atoms with Crippen molar-refractivity contribution in [1.29, 1.82) is 5.26 Å². The summed E-state index contributed by atoms with van der Waals surface area (Å²) in [5.41, 5.74) is 16.6. The third kappa shape index (κ3) is 6.21. The lowest BCUT2D eigenvalue weighted by molar-refractivity contribution is 1.07. The van der Waals surface area contributed by atoms with Crippen LogP contribution in [0.1, 0.15) is 5.56 Å². The van der Waals surface area contributed by atoms with Crippen molar-refractivity contribution in [2.24, 2.45) is 0 Å². The van der Waals surface area contributed by atoms with Gasteiger partial charge >= 0.3 is 0 Å². The van der Waals surface area contributed by atoms with E-state index in [0.717, 1.165) is 55.6 Å². The van der Waals surface area contributed by atoms with Gasteiger partial charge in [-0.15, -0.1) is 0 Å². The van der Waals surface area contributed by atoms with Gasteiger partial charge in [-0.3, -0.25) is 0 Å². The fourth-order valence-corrected chi connectivity index (χ4v) is 8.87. The van der Waals surface area contributed by atoms with E-state index >= 15 is 0 Å². The summed E-state index contributed by atoms with van der Waals surface area (Å²) >= 11 is 0. The predicted octanol–water partition coefficient (Wildman–Crippen LogP) is 14.8. The lowest BCUT2D eigenvalue weighted by Gasteiger charge is -2.15. The fraction of sp³-hybridized carbons (Fsp3) is 0. The highest BCUT2D eigenvalue weighted by Gasteiger charge is 2.25. The van der Waals surface area contributed by atoms with Crippen molar-refractivity contribution in [3.8, 4) is 107 Å². The van der Waals surface area contributed by atoms with Crippen molar-refractivity contribution in [2.45, 2.75) is 0 Å². The number of rotatable bonds is 7. The largest absolute Gasteiger partial charge is 0.237 e. The van der Waals surface area contributed by atoms with Crippen LogP contribution in [0.4, 0.5) is 5.69 Å². The highest BCUT2D eigenvalue weighted by Crippen LogP contribution is 2.51. The second kappa shape index (κ2) is 15.1. The van der Waals surface area contributed by atoms with E-state index in [2.05, 4.69) is 108 Å². The molecule has 10 aromatic rings. The first kappa shape index (κ1) is 36.3. The predicted molar refractivity (Wildman–Crippen MR) is 251 cm³/mol. The standard InChI is InChI=1S/C57H33N5/c1-59-52-34-42(30-31-45(52)40-16-11-17-41(33-40)46-32-29-38-15-12-24-48-47-20-7-8-21-49(47)54(46)53(38)48)44-19-6-10-23-51(44)57-61-55(39-13-3-2-4-14-39)60-56(62-57)50-22-9-5-18-43(50)37-27-25-36(35-58)26-28-37/h2-34H. The van der Waals surface area contributed by atoms with Crippen LogP contribution < -0.4 is 0 Å². The summed E-state index contributed by atoms with van der Waals surface area (Å²) in [5.74, 6) is 1.61. The lowest BCUT2D eigenvalue weighted by Crippen LogP contribution is -2.02. The zero-order chi connectivity index (χ0) is 41.6. The number of nitrogens with zero attached hydrogens (tertiary/aromatic N) is 5. The Morgan fingerprint density at radius 1 is 0.371 bits per heavy atom. The fourth-order valence-electron chi connectivity index (χ4n) is 8.87. The zero-order valence-electron chi connectivity index (χ0n) is 33.3. The summed E-state index contributed by atoms with van der Waals surface area (Å²) in [5, 5.41) is 12.0. The molecule has 0 unspecified atom stereocenters. The van der Waals surface area contributed by atoms with Crippen LogP contribution in [0.5, 0.6) is 0 Å². The van der Waals surface area contributed by atoms with Gasteiger partial charge in [-0.1, -0.05) is 176 Å². The molecule has 286 valence electrons. The Hall–Kier alpha value is -8.77. The molecule has 1 heterocycles. The molecule has 62 heavy (non-hydrogen) atoms. The molecule has 0 N–H and O–H groups in total. The highest BCUT2D eigenvalue weighted by atomic mass is 15.0. The number of aromatic nitrogens is 3. The van der Waals surface area contributed by atoms with Gasteiger partial charge < -0.3 is 0 Å². The zero-order valence-corrected chi connectivity index (χ0v) is 33.3. The Morgan fingerprint density at radius 3 is 1.58 bits per heavy atom. The molecule has 1 aliphatic rings. The topological polar surface area (TPSA) is 66.8 Å². The smallest absolute Gasteiger partial charge is 0.195 e. The van der Waals surface area contributed by atoms with E-state index in [4.69, 9.17) is 21.5 Å². The third-order valence-electron chi connectivity index (χ3n) is 11.8. The molecule has 1 aliphatic carbocycles. The monoisotopic (exact) mass is 787 g/mol. The Kier molecular flexibility index (Phi) is 8.85. The van der Waals surface area contributed by atoms with Crippen LogP contribution in [0.15, 0.2) is 200 Å². The molecule has 0 saturated heterocycles. The Labute approximate surface area is 359 Å². The van der Waals surface area contributed by atoms with Crippen molar-refractivity contribution in [1.82, 2.24) is 15.0 Å². The molecule has 0 spiro atoms. The van der Waals surface area contributed by atoms with Gasteiger partial charge in [0.15, 0.2) is 23.2 Å². The van der Waals surface area contributed by atoms with Crippen LogP contribution in [0.3, 0.4) is 0 Å². The molecule has 5 nitrogen and oxygen atoms in total. The van der Waals surface area contributed by atoms with Gasteiger partial charge in [-0.05, 0) is 102 Å². The second-order valence-electron chi connectivity index (χ2n) is 15.3. The van der Waals surface area contributed by atoms with Gasteiger partial charge in [0.2, 0.25) is 0 Å². The average Bonchev–Trinajstić information content (AvgIpc) is 3.69. The van der Waals surface area contributed by atoms with Crippen LogP contribution in [0, 0.1) is 17.9 Å². The minimum atomic E-state index is 0.522. The Bertz CT molecular complexity index is 3480. The van der Waals surface area contributed by atoms with Crippen LogP contribution in [-0.4, -0.2) is 15.0 Å². The molecular weight excluding hydrogens is 755 g/mol. The molecule has 0 bridgehead atoms. The van der Waals surface area contributed by atoms with Crippen molar-refractivity contribution < 1.29 is 0 Å². The molecule has 1 aromatic heterocycles. The van der Waals surface area contributed by atoms with E-state index in [1.54, 1.807) is 0 Å². The normalized spacial score (nSPS) is 11.2.